The highest BCUT2D eigenvalue weighted by Gasteiger charge is 2.28. The number of hydrogen-bond acceptors (Lipinski definition) is 5. The van der Waals surface area contributed by atoms with Crippen LogP contribution in [0.5, 0.6) is 0 Å². The van der Waals surface area contributed by atoms with Crippen molar-refractivity contribution < 1.29 is 4.79 Å². The van der Waals surface area contributed by atoms with E-state index in [0.29, 0.717) is 12.5 Å². The van der Waals surface area contributed by atoms with Gasteiger partial charge in [0.25, 0.3) is 5.91 Å². The third-order valence-corrected chi connectivity index (χ3v) is 5.93. The molecule has 2 aromatic heterocycles. The Balaban J connectivity index is 1.77. The molecule has 0 aliphatic heterocycles. The Morgan fingerprint density at radius 2 is 1.96 bits per heavy atom. The highest BCUT2D eigenvalue weighted by atomic mass is 32.1. The Hall–Kier alpha value is -1.53. The molecule has 130 valence electrons. The van der Waals surface area contributed by atoms with Gasteiger partial charge < -0.3 is 10.2 Å². The molecule has 0 atom stereocenters. The summed E-state index contributed by atoms with van der Waals surface area (Å²) in [5, 5.41) is 4.10. The van der Waals surface area contributed by atoms with Crippen molar-refractivity contribution in [1.82, 2.24) is 20.2 Å². The van der Waals surface area contributed by atoms with Crippen molar-refractivity contribution >= 4 is 27.5 Å². The van der Waals surface area contributed by atoms with Crippen LogP contribution in [-0.2, 0) is 0 Å². The Morgan fingerprint density at radius 1 is 1.25 bits per heavy atom. The topological polar surface area (TPSA) is 58.1 Å². The van der Waals surface area contributed by atoms with Gasteiger partial charge >= 0.3 is 0 Å². The number of amides is 1. The van der Waals surface area contributed by atoms with E-state index in [9.17, 15) is 4.79 Å². The standard InChI is InChI=1S/C18H26N4OS/c1-5-22(6-2)10-9-19-17(23)15-11(3)14-12(4)20-16(13-7-8-13)21-18(14)24-15/h13H,5-10H2,1-4H3,(H,19,23). The van der Waals surface area contributed by atoms with Gasteiger partial charge in [-0.1, -0.05) is 13.8 Å². The molecule has 3 rings (SSSR count). The maximum Gasteiger partial charge on any atom is 0.261 e. The summed E-state index contributed by atoms with van der Waals surface area (Å²) in [5.74, 6) is 1.49. The number of thiophene rings is 1. The lowest BCUT2D eigenvalue weighted by atomic mass is 10.1. The van der Waals surface area contributed by atoms with Crippen LogP contribution in [-0.4, -0.2) is 47.0 Å². The molecule has 0 radical (unpaired) electrons. The van der Waals surface area contributed by atoms with Crippen LogP contribution >= 0.6 is 11.3 Å². The van der Waals surface area contributed by atoms with Crippen LogP contribution < -0.4 is 5.32 Å². The minimum atomic E-state index is 0.00929. The minimum Gasteiger partial charge on any atom is -0.350 e. The molecular formula is C18H26N4OS. The third-order valence-electron chi connectivity index (χ3n) is 4.75. The molecule has 5 nitrogen and oxygen atoms in total. The van der Waals surface area contributed by atoms with Crippen LogP contribution in [0.15, 0.2) is 0 Å². The lowest BCUT2D eigenvalue weighted by Gasteiger charge is -2.17. The summed E-state index contributed by atoms with van der Waals surface area (Å²) in [5.41, 5.74) is 2.01. The zero-order valence-corrected chi connectivity index (χ0v) is 15.8. The average molecular weight is 347 g/mol. The molecule has 0 saturated heterocycles. The second kappa shape index (κ2) is 7.15. The summed E-state index contributed by atoms with van der Waals surface area (Å²) in [7, 11) is 0. The van der Waals surface area contributed by atoms with Crippen molar-refractivity contribution in [3.63, 3.8) is 0 Å². The van der Waals surface area contributed by atoms with E-state index in [2.05, 4.69) is 29.0 Å². The number of likely N-dealkylation sites (N-methyl/N-ethyl adjacent to an activating group) is 1. The van der Waals surface area contributed by atoms with E-state index in [4.69, 9.17) is 4.98 Å². The number of fused-ring (bicyclic) bond motifs is 1. The predicted octanol–water partition coefficient (Wildman–Crippen LogP) is 3.26. The predicted molar refractivity (Wildman–Crippen MR) is 99.0 cm³/mol. The van der Waals surface area contributed by atoms with Crippen LogP contribution in [0.1, 0.15) is 59.4 Å². The fraction of sp³-hybridized carbons (Fsp3) is 0.611. The van der Waals surface area contributed by atoms with Crippen LogP contribution in [0.4, 0.5) is 0 Å². The molecule has 1 N–H and O–H groups in total. The second-order valence-corrected chi connectivity index (χ2v) is 7.46. The molecule has 0 bridgehead atoms. The van der Waals surface area contributed by atoms with Crippen LogP contribution in [0.25, 0.3) is 10.2 Å². The van der Waals surface area contributed by atoms with E-state index in [1.165, 1.54) is 24.2 Å². The number of aryl methyl sites for hydroxylation is 2. The lowest BCUT2D eigenvalue weighted by Crippen LogP contribution is -2.34. The molecule has 1 aliphatic carbocycles. The summed E-state index contributed by atoms with van der Waals surface area (Å²) in [6, 6.07) is 0. The Bertz CT molecular complexity index is 747. The van der Waals surface area contributed by atoms with Gasteiger partial charge in [-0.05, 0) is 45.3 Å². The van der Waals surface area contributed by atoms with Gasteiger partial charge in [0.2, 0.25) is 0 Å². The number of carbonyl (C=O) groups is 1. The van der Waals surface area contributed by atoms with E-state index >= 15 is 0 Å². The van der Waals surface area contributed by atoms with E-state index in [-0.39, 0.29) is 5.91 Å². The monoisotopic (exact) mass is 346 g/mol. The quantitative estimate of drug-likeness (QED) is 0.836. The number of carbonyl (C=O) groups excluding carboxylic acids is 1. The molecule has 1 saturated carbocycles. The number of aromatic nitrogens is 2. The number of rotatable bonds is 7. The Labute approximate surface area is 147 Å². The van der Waals surface area contributed by atoms with Gasteiger partial charge in [0, 0.05) is 24.4 Å². The first-order valence-electron chi connectivity index (χ1n) is 8.83. The molecule has 1 fully saturated rings. The first-order chi connectivity index (χ1) is 11.5. The largest absolute Gasteiger partial charge is 0.350 e. The highest BCUT2D eigenvalue weighted by molar-refractivity contribution is 7.20. The first kappa shape index (κ1) is 17.3. The van der Waals surface area contributed by atoms with Gasteiger partial charge in [-0.3, -0.25) is 4.79 Å². The number of nitrogens with zero attached hydrogens (tertiary/aromatic N) is 3. The molecule has 2 aromatic rings. The van der Waals surface area contributed by atoms with Crippen LogP contribution in [0.3, 0.4) is 0 Å². The van der Waals surface area contributed by atoms with Gasteiger partial charge in [-0.15, -0.1) is 11.3 Å². The third kappa shape index (κ3) is 3.44. The molecule has 2 heterocycles. The lowest BCUT2D eigenvalue weighted by molar-refractivity contribution is 0.0952. The molecule has 0 unspecified atom stereocenters. The molecule has 0 aromatic carbocycles. The zero-order chi connectivity index (χ0) is 17.3. The van der Waals surface area contributed by atoms with Gasteiger partial charge in [-0.2, -0.15) is 0 Å². The first-order valence-corrected chi connectivity index (χ1v) is 9.64. The van der Waals surface area contributed by atoms with Gasteiger partial charge in [0.05, 0.1) is 10.6 Å². The minimum absolute atomic E-state index is 0.00929. The zero-order valence-electron chi connectivity index (χ0n) is 15.0. The van der Waals surface area contributed by atoms with E-state index in [1.807, 2.05) is 13.8 Å². The second-order valence-electron chi connectivity index (χ2n) is 6.46. The maximum absolute atomic E-state index is 12.6. The van der Waals surface area contributed by atoms with E-state index < -0.39 is 0 Å². The molecule has 6 heteroatoms. The van der Waals surface area contributed by atoms with Crippen LogP contribution in [0, 0.1) is 13.8 Å². The highest BCUT2D eigenvalue weighted by Crippen LogP contribution is 2.40. The van der Waals surface area contributed by atoms with Gasteiger partial charge in [0.1, 0.15) is 10.7 Å². The smallest absolute Gasteiger partial charge is 0.261 e. The summed E-state index contributed by atoms with van der Waals surface area (Å²) in [4.78, 5) is 26.0. The molecular weight excluding hydrogens is 320 g/mol. The van der Waals surface area contributed by atoms with Crippen molar-refractivity contribution in [3.8, 4) is 0 Å². The number of nitrogens with one attached hydrogen (secondary N) is 1. The van der Waals surface area contributed by atoms with Crippen molar-refractivity contribution in [2.75, 3.05) is 26.2 Å². The SMILES string of the molecule is CCN(CC)CCNC(=O)c1sc2nc(C3CC3)nc(C)c2c1C. The maximum atomic E-state index is 12.6. The molecule has 24 heavy (non-hydrogen) atoms. The van der Waals surface area contributed by atoms with Crippen molar-refractivity contribution in [2.45, 2.75) is 46.5 Å². The Kier molecular flexibility index (Phi) is 5.15. The van der Waals surface area contributed by atoms with Crippen molar-refractivity contribution in [1.29, 1.82) is 0 Å². The molecule has 1 amide bonds. The van der Waals surface area contributed by atoms with Crippen LogP contribution in [0.2, 0.25) is 0 Å². The summed E-state index contributed by atoms with van der Waals surface area (Å²) in [6.07, 6.45) is 2.38. The van der Waals surface area contributed by atoms with E-state index in [0.717, 1.165) is 51.8 Å². The van der Waals surface area contributed by atoms with Crippen molar-refractivity contribution in [3.05, 3.63) is 22.0 Å². The Morgan fingerprint density at radius 3 is 2.58 bits per heavy atom. The molecule has 0 spiro atoms. The average Bonchev–Trinajstić information content (AvgIpc) is 3.35. The van der Waals surface area contributed by atoms with Gasteiger partial charge in [-0.25, -0.2) is 9.97 Å². The fourth-order valence-electron chi connectivity index (χ4n) is 3.05. The molecule has 1 aliphatic rings. The summed E-state index contributed by atoms with van der Waals surface area (Å²) >= 11 is 1.50. The number of hydrogen-bond donors (Lipinski definition) is 1. The summed E-state index contributed by atoms with van der Waals surface area (Å²) < 4.78 is 0. The van der Waals surface area contributed by atoms with Crippen molar-refractivity contribution in [2.24, 2.45) is 0 Å². The summed E-state index contributed by atoms with van der Waals surface area (Å²) in [6.45, 7) is 11.9. The van der Waals surface area contributed by atoms with Gasteiger partial charge in [0.15, 0.2) is 0 Å². The fourth-order valence-corrected chi connectivity index (χ4v) is 4.20. The van der Waals surface area contributed by atoms with E-state index in [1.54, 1.807) is 0 Å². The normalized spacial score (nSPS) is 14.5.